The van der Waals surface area contributed by atoms with Gasteiger partial charge in [0.2, 0.25) is 11.8 Å². The number of nitrogens with zero attached hydrogens (tertiary/aromatic N) is 2. The molecule has 2 aliphatic heterocycles. The molecule has 0 radical (unpaired) electrons. The van der Waals surface area contributed by atoms with Crippen LogP contribution in [0, 0.1) is 11.3 Å². The molecule has 1 unspecified atom stereocenters. The lowest BCUT2D eigenvalue weighted by molar-refractivity contribution is -0.131. The van der Waals surface area contributed by atoms with Gasteiger partial charge in [0.15, 0.2) is 0 Å². The van der Waals surface area contributed by atoms with E-state index in [1.165, 1.54) is 37.7 Å². The minimum absolute atomic E-state index is 0.249. The molecule has 1 atom stereocenters. The lowest BCUT2D eigenvalue weighted by Crippen LogP contribution is -2.35. The number of aryl methyl sites for hydroxylation is 1. The van der Waals surface area contributed by atoms with Crippen molar-refractivity contribution in [1.29, 1.82) is 0 Å². The van der Waals surface area contributed by atoms with Crippen molar-refractivity contribution in [3.05, 3.63) is 29.8 Å². The van der Waals surface area contributed by atoms with Crippen LogP contribution in [0.25, 0.3) is 0 Å². The summed E-state index contributed by atoms with van der Waals surface area (Å²) in [4.78, 5) is 29.9. The lowest BCUT2D eigenvalue weighted by Gasteiger charge is -2.38. The summed E-state index contributed by atoms with van der Waals surface area (Å²) in [7, 11) is 1.67. The summed E-state index contributed by atoms with van der Waals surface area (Å²) >= 11 is 0. The van der Waals surface area contributed by atoms with Crippen LogP contribution >= 0.6 is 0 Å². The van der Waals surface area contributed by atoms with Crippen molar-refractivity contribution in [2.45, 2.75) is 70.6 Å². The van der Waals surface area contributed by atoms with Gasteiger partial charge in [-0.05, 0) is 67.6 Å². The monoisotopic (exact) mass is 426 g/mol. The highest BCUT2D eigenvalue weighted by Crippen LogP contribution is 2.49. The fraction of sp³-hybridized carbons (Fsp3) is 0.692. The third-order valence-corrected chi connectivity index (χ3v) is 7.97. The Balaban J connectivity index is 1.34. The molecule has 3 fully saturated rings. The number of methoxy groups -OCH3 is 1. The number of likely N-dealkylation sites (tertiary alicyclic amines) is 2. The molecule has 5 heteroatoms. The molecular weight excluding hydrogens is 388 g/mol. The number of carbonyl (C=O) groups excluding carboxylic acids is 2. The topological polar surface area (TPSA) is 49.9 Å². The molecule has 0 bridgehead atoms. The maximum Gasteiger partial charge on any atom is 0.222 e. The van der Waals surface area contributed by atoms with Gasteiger partial charge in [-0.1, -0.05) is 31.4 Å². The summed E-state index contributed by atoms with van der Waals surface area (Å²) < 4.78 is 5.22. The molecule has 4 rings (SSSR count). The van der Waals surface area contributed by atoms with Crippen LogP contribution in [-0.4, -0.2) is 54.9 Å². The first kappa shape index (κ1) is 22.2. The minimum Gasteiger partial charge on any atom is -0.497 e. The van der Waals surface area contributed by atoms with E-state index in [1.54, 1.807) is 7.11 Å². The normalized spacial score (nSPS) is 22.8. The van der Waals surface area contributed by atoms with Crippen molar-refractivity contribution >= 4 is 11.8 Å². The van der Waals surface area contributed by atoms with Crippen molar-refractivity contribution in [2.75, 3.05) is 33.3 Å². The highest BCUT2D eigenvalue weighted by molar-refractivity contribution is 5.77. The summed E-state index contributed by atoms with van der Waals surface area (Å²) in [5.41, 5.74) is 1.42. The van der Waals surface area contributed by atoms with E-state index in [-0.39, 0.29) is 11.3 Å². The van der Waals surface area contributed by atoms with Gasteiger partial charge in [-0.2, -0.15) is 0 Å². The zero-order valence-corrected chi connectivity index (χ0v) is 19.1. The molecule has 1 saturated carbocycles. The predicted octanol–water partition coefficient (Wildman–Crippen LogP) is 4.44. The lowest BCUT2D eigenvalue weighted by atomic mass is 9.66. The van der Waals surface area contributed by atoms with Gasteiger partial charge in [-0.25, -0.2) is 0 Å². The van der Waals surface area contributed by atoms with Crippen LogP contribution in [0.15, 0.2) is 24.3 Å². The number of hydrogen-bond acceptors (Lipinski definition) is 3. The van der Waals surface area contributed by atoms with Crippen LogP contribution in [0.1, 0.15) is 69.8 Å². The van der Waals surface area contributed by atoms with Crippen LogP contribution in [0.2, 0.25) is 0 Å². The summed E-state index contributed by atoms with van der Waals surface area (Å²) in [6.45, 7) is 3.61. The summed E-state index contributed by atoms with van der Waals surface area (Å²) in [5, 5.41) is 0. The molecule has 3 aliphatic rings. The van der Waals surface area contributed by atoms with Crippen LogP contribution < -0.4 is 4.74 Å². The van der Waals surface area contributed by atoms with E-state index >= 15 is 0 Å². The van der Waals surface area contributed by atoms with Crippen LogP contribution in [0.3, 0.4) is 0 Å². The molecule has 1 aromatic carbocycles. The molecule has 170 valence electrons. The van der Waals surface area contributed by atoms with E-state index in [0.29, 0.717) is 24.7 Å². The van der Waals surface area contributed by atoms with Gasteiger partial charge < -0.3 is 14.5 Å². The van der Waals surface area contributed by atoms with Gasteiger partial charge in [0, 0.05) is 39.0 Å². The molecule has 0 aromatic heterocycles. The summed E-state index contributed by atoms with van der Waals surface area (Å²) in [6.07, 6.45) is 11.5. The van der Waals surface area contributed by atoms with Gasteiger partial charge in [-0.3, -0.25) is 9.59 Å². The standard InChI is InChI=1S/C26H38N2O3/c1-31-23-11-7-21(8-12-23)9-13-25(30)28-19-22(26(20-28)15-3-2-4-16-26)10-14-24(29)27-17-5-6-18-27/h7-8,11-12,22H,2-6,9-10,13-20H2,1H3. The number of benzene rings is 1. The maximum absolute atomic E-state index is 13.1. The first-order chi connectivity index (χ1) is 15.1. The highest BCUT2D eigenvalue weighted by atomic mass is 16.5. The van der Waals surface area contributed by atoms with Crippen molar-refractivity contribution in [1.82, 2.24) is 9.80 Å². The Morgan fingerprint density at radius 1 is 0.935 bits per heavy atom. The maximum atomic E-state index is 13.1. The SMILES string of the molecule is COc1ccc(CCC(=O)N2CC(CCC(=O)N3CCCC3)C3(CCCCC3)C2)cc1. The Bertz CT molecular complexity index is 748. The van der Waals surface area contributed by atoms with E-state index in [1.807, 2.05) is 29.2 Å². The average Bonchev–Trinajstić information content (AvgIpc) is 3.46. The second-order valence-corrected chi connectivity index (χ2v) is 9.87. The molecule has 2 amide bonds. The zero-order chi connectivity index (χ0) is 21.7. The van der Waals surface area contributed by atoms with Crippen LogP contribution in [-0.2, 0) is 16.0 Å². The molecule has 2 saturated heterocycles. The molecular formula is C26H38N2O3. The van der Waals surface area contributed by atoms with Crippen LogP contribution in [0.4, 0.5) is 0 Å². The Morgan fingerprint density at radius 2 is 1.61 bits per heavy atom. The van der Waals surface area contributed by atoms with Gasteiger partial charge in [0.1, 0.15) is 5.75 Å². The van der Waals surface area contributed by atoms with Crippen molar-refractivity contribution in [2.24, 2.45) is 11.3 Å². The van der Waals surface area contributed by atoms with E-state index < -0.39 is 0 Å². The predicted molar refractivity (Wildman–Crippen MR) is 122 cm³/mol. The minimum atomic E-state index is 0.249. The van der Waals surface area contributed by atoms with Gasteiger partial charge >= 0.3 is 0 Å². The molecule has 2 heterocycles. The molecule has 1 spiro atoms. The Labute approximate surface area is 187 Å². The fourth-order valence-electron chi connectivity index (χ4n) is 6.07. The van der Waals surface area contributed by atoms with Crippen molar-refractivity contribution in [3.8, 4) is 5.75 Å². The Kier molecular flexibility index (Phi) is 7.19. The van der Waals surface area contributed by atoms with Gasteiger partial charge in [-0.15, -0.1) is 0 Å². The number of carbonyl (C=O) groups is 2. The van der Waals surface area contributed by atoms with Gasteiger partial charge in [0.25, 0.3) is 0 Å². The molecule has 5 nitrogen and oxygen atoms in total. The van der Waals surface area contributed by atoms with Crippen molar-refractivity contribution < 1.29 is 14.3 Å². The van der Waals surface area contributed by atoms with E-state index in [4.69, 9.17) is 4.74 Å². The Morgan fingerprint density at radius 3 is 2.29 bits per heavy atom. The highest BCUT2D eigenvalue weighted by Gasteiger charge is 2.47. The first-order valence-electron chi connectivity index (χ1n) is 12.3. The third kappa shape index (κ3) is 5.24. The van der Waals surface area contributed by atoms with Crippen molar-refractivity contribution in [3.63, 3.8) is 0 Å². The molecule has 1 aliphatic carbocycles. The summed E-state index contributed by atoms with van der Waals surface area (Å²) in [5.74, 6) is 1.92. The largest absolute Gasteiger partial charge is 0.497 e. The smallest absolute Gasteiger partial charge is 0.222 e. The average molecular weight is 427 g/mol. The number of amides is 2. The van der Waals surface area contributed by atoms with E-state index in [0.717, 1.165) is 57.6 Å². The third-order valence-electron chi connectivity index (χ3n) is 7.97. The quantitative estimate of drug-likeness (QED) is 0.648. The second-order valence-electron chi connectivity index (χ2n) is 9.87. The number of hydrogen-bond donors (Lipinski definition) is 0. The number of rotatable bonds is 7. The van der Waals surface area contributed by atoms with Crippen LogP contribution in [0.5, 0.6) is 5.75 Å². The Hall–Kier alpha value is -2.04. The zero-order valence-electron chi connectivity index (χ0n) is 19.1. The van der Waals surface area contributed by atoms with Gasteiger partial charge in [0.05, 0.1) is 7.11 Å². The summed E-state index contributed by atoms with van der Waals surface area (Å²) in [6, 6.07) is 8.01. The number of ether oxygens (including phenoxy) is 1. The second kappa shape index (κ2) is 10.1. The molecule has 31 heavy (non-hydrogen) atoms. The first-order valence-corrected chi connectivity index (χ1v) is 12.3. The molecule has 0 N–H and O–H groups in total. The van der Waals surface area contributed by atoms with E-state index in [2.05, 4.69) is 4.90 Å². The fourth-order valence-corrected chi connectivity index (χ4v) is 6.07. The van der Waals surface area contributed by atoms with E-state index in [9.17, 15) is 9.59 Å². The molecule has 1 aromatic rings.